The predicted octanol–water partition coefficient (Wildman–Crippen LogP) is 4.81. The van der Waals surface area contributed by atoms with Crippen LogP contribution in [0.25, 0.3) is 28.1 Å². The van der Waals surface area contributed by atoms with Crippen molar-refractivity contribution in [1.29, 1.82) is 0 Å². The molecule has 3 heteroatoms. The zero-order valence-corrected chi connectivity index (χ0v) is 13.9. The van der Waals surface area contributed by atoms with Crippen LogP contribution in [0.1, 0.15) is 5.56 Å². The molecule has 0 atom stereocenters. The molecule has 122 valence electrons. The quantitative estimate of drug-likeness (QED) is 0.576. The third-order valence-corrected chi connectivity index (χ3v) is 4.38. The zero-order valence-electron chi connectivity index (χ0n) is 13.9. The zero-order chi connectivity index (χ0) is 17.2. The Bertz CT molecular complexity index is 1060. The van der Waals surface area contributed by atoms with Gasteiger partial charge in [-0.05, 0) is 30.2 Å². The summed E-state index contributed by atoms with van der Waals surface area (Å²) in [6, 6.07) is 27.9. The van der Waals surface area contributed by atoms with Gasteiger partial charge in [0, 0.05) is 5.56 Å². The fraction of sp³-hybridized carbons (Fsp3) is 0.0455. The summed E-state index contributed by atoms with van der Waals surface area (Å²) in [5.41, 5.74) is 5.51. The first-order chi connectivity index (χ1) is 12.3. The van der Waals surface area contributed by atoms with Crippen molar-refractivity contribution < 1.29 is 0 Å². The number of aromatic nitrogens is 2. The van der Waals surface area contributed by atoms with E-state index in [4.69, 9.17) is 0 Å². The van der Waals surface area contributed by atoms with Gasteiger partial charge in [-0.15, -0.1) is 0 Å². The van der Waals surface area contributed by atoms with Gasteiger partial charge in [0.05, 0.1) is 16.9 Å². The van der Waals surface area contributed by atoms with E-state index in [-0.39, 0.29) is 5.56 Å². The van der Waals surface area contributed by atoms with E-state index >= 15 is 0 Å². The minimum atomic E-state index is -0.0895. The molecule has 0 amide bonds. The molecule has 0 radical (unpaired) electrons. The molecule has 1 aromatic heterocycles. The Hall–Kier alpha value is -3.33. The molecule has 0 fully saturated rings. The van der Waals surface area contributed by atoms with E-state index in [1.165, 1.54) is 0 Å². The summed E-state index contributed by atoms with van der Waals surface area (Å²) in [4.78, 5) is 12.8. The van der Waals surface area contributed by atoms with Crippen molar-refractivity contribution in [2.24, 2.45) is 0 Å². The van der Waals surface area contributed by atoms with Gasteiger partial charge in [-0.1, -0.05) is 72.8 Å². The third-order valence-electron chi connectivity index (χ3n) is 4.38. The Morgan fingerprint density at radius 1 is 0.760 bits per heavy atom. The Labute approximate surface area is 146 Å². The van der Waals surface area contributed by atoms with Gasteiger partial charge >= 0.3 is 0 Å². The molecule has 0 saturated carbocycles. The van der Waals surface area contributed by atoms with E-state index in [2.05, 4.69) is 24.2 Å². The molecule has 0 saturated heterocycles. The second kappa shape index (κ2) is 6.29. The lowest BCUT2D eigenvalue weighted by atomic mass is 9.98. The van der Waals surface area contributed by atoms with Crippen LogP contribution in [0.5, 0.6) is 0 Å². The minimum Gasteiger partial charge on any atom is -0.267 e. The SMILES string of the molecule is Cc1ccccc1-c1c(-c2ccccc2)c(=O)[nH]n1-c1ccccc1. The minimum absolute atomic E-state index is 0.0895. The van der Waals surface area contributed by atoms with Crippen LogP contribution in [0.15, 0.2) is 89.7 Å². The average Bonchev–Trinajstić information content (AvgIpc) is 3.00. The number of hydrogen-bond acceptors (Lipinski definition) is 1. The second-order valence-corrected chi connectivity index (χ2v) is 6.02. The number of rotatable bonds is 3. The molecule has 3 aromatic carbocycles. The van der Waals surface area contributed by atoms with Crippen molar-refractivity contribution in [3.05, 3.63) is 101 Å². The van der Waals surface area contributed by atoms with E-state index in [1.54, 1.807) is 0 Å². The van der Waals surface area contributed by atoms with E-state index < -0.39 is 0 Å². The first kappa shape index (κ1) is 15.2. The smallest absolute Gasteiger partial charge is 0.267 e. The number of benzene rings is 3. The van der Waals surface area contributed by atoms with Crippen LogP contribution in [-0.2, 0) is 0 Å². The lowest BCUT2D eigenvalue weighted by Crippen LogP contribution is -2.05. The van der Waals surface area contributed by atoms with E-state index in [0.717, 1.165) is 28.1 Å². The molecule has 4 rings (SSSR count). The number of nitrogens with one attached hydrogen (secondary N) is 1. The highest BCUT2D eigenvalue weighted by Crippen LogP contribution is 2.33. The largest absolute Gasteiger partial charge is 0.272 e. The number of aromatic amines is 1. The Balaban J connectivity index is 2.08. The topological polar surface area (TPSA) is 37.8 Å². The van der Waals surface area contributed by atoms with Crippen LogP contribution in [0, 0.1) is 6.92 Å². The molecule has 0 bridgehead atoms. The van der Waals surface area contributed by atoms with Crippen molar-refractivity contribution in [3.63, 3.8) is 0 Å². The maximum atomic E-state index is 12.8. The van der Waals surface area contributed by atoms with Gasteiger partial charge in [-0.25, -0.2) is 0 Å². The van der Waals surface area contributed by atoms with Crippen LogP contribution in [0.2, 0.25) is 0 Å². The lowest BCUT2D eigenvalue weighted by Gasteiger charge is -2.12. The lowest BCUT2D eigenvalue weighted by molar-refractivity contribution is 0.870. The first-order valence-electron chi connectivity index (χ1n) is 8.27. The van der Waals surface area contributed by atoms with Crippen molar-refractivity contribution in [1.82, 2.24) is 9.78 Å². The van der Waals surface area contributed by atoms with Crippen LogP contribution < -0.4 is 5.56 Å². The first-order valence-corrected chi connectivity index (χ1v) is 8.27. The summed E-state index contributed by atoms with van der Waals surface area (Å²) in [6.07, 6.45) is 0. The summed E-state index contributed by atoms with van der Waals surface area (Å²) >= 11 is 0. The molecule has 0 unspecified atom stereocenters. The Morgan fingerprint density at radius 2 is 1.36 bits per heavy atom. The normalized spacial score (nSPS) is 10.8. The highest BCUT2D eigenvalue weighted by Gasteiger charge is 2.20. The molecule has 3 nitrogen and oxygen atoms in total. The fourth-order valence-electron chi connectivity index (χ4n) is 3.17. The van der Waals surface area contributed by atoms with Crippen molar-refractivity contribution >= 4 is 0 Å². The molecular weight excluding hydrogens is 308 g/mol. The van der Waals surface area contributed by atoms with E-state index in [0.29, 0.717) is 5.56 Å². The standard InChI is InChI=1S/C22H18N2O/c1-16-10-8-9-15-19(16)21-20(17-11-4-2-5-12-17)22(25)23-24(21)18-13-6-3-7-14-18/h2-15H,1H3,(H,23,25). The number of H-pyrrole nitrogens is 1. The number of hydrogen-bond donors (Lipinski definition) is 1. The van der Waals surface area contributed by atoms with Crippen LogP contribution in [0.4, 0.5) is 0 Å². The van der Waals surface area contributed by atoms with Crippen molar-refractivity contribution in [2.45, 2.75) is 6.92 Å². The van der Waals surface area contributed by atoms with Gasteiger partial charge in [-0.2, -0.15) is 0 Å². The van der Waals surface area contributed by atoms with E-state index in [9.17, 15) is 4.79 Å². The Morgan fingerprint density at radius 3 is 2.04 bits per heavy atom. The summed E-state index contributed by atoms with van der Waals surface area (Å²) in [7, 11) is 0. The molecule has 0 aliphatic heterocycles. The molecule has 0 aliphatic carbocycles. The molecule has 1 N–H and O–H groups in total. The van der Waals surface area contributed by atoms with Gasteiger partial charge in [0.2, 0.25) is 0 Å². The summed E-state index contributed by atoms with van der Waals surface area (Å²) in [5.74, 6) is 0. The second-order valence-electron chi connectivity index (χ2n) is 6.02. The maximum Gasteiger partial charge on any atom is 0.272 e. The van der Waals surface area contributed by atoms with E-state index in [1.807, 2.05) is 77.5 Å². The van der Waals surface area contributed by atoms with Gasteiger partial charge in [0.1, 0.15) is 0 Å². The molecule has 0 aliphatic rings. The molecule has 4 aromatic rings. The summed E-state index contributed by atoms with van der Waals surface area (Å²) in [5, 5.41) is 3.01. The van der Waals surface area contributed by atoms with Crippen LogP contribution in [0.3, 0.4) is 0 Å². The van der Waals surface area contributed by atoms with Gasteiger partial charge in [0.25, 0.3) is 5.56 Å². The number of nitrogens with zero attached hydrogens (tertiary/aromatic N) is 1. The number of para-hydroxylation sites is 1. The van der Waals surface area contributed by atoms with Gasteiger partial charge < -0.3 is 0 Å². The van der Waals surface area contributed by atoms with Crippen molar-refractivity contribution in [2.75, 3.05) is 0 Å². The van der Waals surface area contributed by atoms with Crippen LogP contribution in [-0.4, -0.2) is 9.78 Å². The average molecular weight is 326 g/mol. The molecular formula is C22H18N2O. The monoisotopic (exact) mass is 326 g/mol. The Kier molecular flexibility index (Phi) is 3.82. The fourth-order valence-corrected chi connectivity index (χ4v) is 3.17. The summed E-state index contributed by atoms with van der Waals surface area (Å²) in [6.45, 7) is 2.07. The third kappa shape index (κ3) is 2.70. The maximum absolute atomic E-state index is 12.8. The molecule has 25 heavy (non-hydrogen) atoms. The highest BCUT2D eigenvalue weighted by atomic mass is 16.1. The summed E-state index contributed by atoms with van der Waals surface area (Å²) < 4.78 is 1.88. The predicted molar refractivity (Wildman–Crippen MR) is 102 cm³/mol. The number of aryl methyl sites for hydroxylation is 1. The van der Waals surface area contributed by atoms with Gasteiger partial charge in [-0.3, -0.25) is 14.6 Å². The van der Waals surface area contributed by atoms with Crippen molar-refractivity contribution in [3.8, 4) is 28.1 Å². The molecule has 0 spiro atoms. The van der Waals surface area contributed by atoms with Crippen LogP contribution >= 0.6 is 0 Å². The highest BCUT2D eigenvalue weighted by molar-refractivity contribution is 5.83. The molecule has 1 heterocycles. The van der Waals surface area contributed by atoms with Gasteiger partial charge in [0.15, 0.2) is 0 Å².